The normalized spacial score (nSPS) is 18.2. The Morgan fingerprint density at radius 1 is 0.526 bits per heavy atom. The number of para-hydroxylation sites is 1. The molecule has 2 atom stereocenters. The molecule has 434 valence electrons. The summed E-state index contributed by atoms with van der Waals surface area (Å²) in [6, 6.07) is 14.9. The lowest BCUT2D eigenvalue weighted by atomic mass is 10.1. The van der Waals surface area contributed by atoms with Crippen molar-refractivity contribution in [2.24, 2.45) is 15.0 Å². The Morgan fingerprint density at radius 2 is 1.00 bits per heavy atom. The number of hydrogen-bond acceptors (Lipinski definition) is 22. The van der Waals surface area contributed by atoms with Crippen molar-refractivity contribution >= 4 is 29.5 Å². The number of likely N-dealkylation sites (N-methyl/N-ethyl adjacent to an activating group) is 2. The van der Waals surface area contributed by atoms with Crippen LogP contribution in [0.1, 0.15) is 44.4 Å². The maximum atomic E-state index is 11.4. The van der Waals surface area contributed by atoms with E-state index in [9.17, 15) is 30.0 Å². The number of aromatic hydroxyl groups is 3. The van der Waals surface area contributed by atoms with Crippen molar-refractivity contribution in [2.45, 2.75) is 44.3 Å². The average Bonchev–Trinajstić information content (AvgIpc) is 4.07. The molecule has 0 unspecified atom stereocenters. The highest BCUT2D eigenvalue weighted by atomic mass is 16.6. The van der Waals surface area contributed by atoms with Gasteiger partial charge in [-0.05, 0) is 70.2 Å². The number of amidine groups is 2. The van der Waals surface area contributed by atoms with E-state index >= 15 is 0 Å². The number of ether oxygens (including phenoxy) is 12. The van der Waals surface area contributed by atoms with Crippen LogP contribution >= 0.6 is 0 Å². The van der Waals surface area contributed by atoms with Gasteiger partial charge in [0.1, 0.15) is 61.1 Å². The quantitative estimate of drug-likeness (QED) is 0.0553. The summed E-state index contributed by atoms with van der Waals surface area (Å²) in [7, 11) is 8.57. The largest absolute Gasteiger partial charge is 0.507 e. The first kappa shape index (κ1) is 64.0. The first-order valence-electron chi connectivity index (χ1n) is 25.3. The van der Waals surface area contributed by atoms with Crippen LogP contribution in [-0.2, 0) is 52.2 Å². The van der Waals surface area contributed by atoms with E-state index in [2.05, 4.69) is 33.7 Å². The van der Waals surface area contributed by atoms with Gasteiger partial charge in [-0.15, -0.1) is 0 Å². The van der Waals surface area contributed by atoms with Crippen molar-refractivity contribution in [1.29, 1.82) is 0 Å². The fourth-order valence-corrected chi connectivity index (χ4v) is 7.55. The molecule has 0 saturated carbocycles. The van der Waals surface area contributed by atoms with Crippen LogP contribution in [0.4, 0.5) is 0 Å². The number of rotatable bonds is 32. The smallest absolute Gasteiger partial charge is 0.335 e. The second-order valence-corrected chi connectivity index (χ2v) is 18.9. The third-order valence-electron chi connectivity index (χ3n) is 11.6. The zero-order valence-electron chi connectivity index (χ0n) is 46.3. The van der Waals surface area contributed by atoms with Gasteiger partial charge in [0.05, 0.1) is 115 Å². The van der Waals surface area contributed by atoms with Gasteiger partial charge in [0, 0.05) is 48.0 Å². The first-order chi connectivity index (χ1) is 37.3. The summed E-state index contributed by atoms with van der Waals surface area (Å²) in [6.45, 7) is 15.5. The van der Waals surface area contributed by atoms with Gasteiger partial charge in [-0.3, -0.25) is 4.99 Å². The third kappa shape index (κ3) is 20.4. The van der Waals surface area contributed by atoms with Crippen molar-refractivity contribution in [3.63, 3.8) is 0 Å². The summed E-state index contributed by atoms with van der Waals surface area (Å²) >= 11 is 0. The van der Waals surface area contributed by atoms with E-state index in [0.717, 1.165) is 17.9 Å². The highest BCUT2D eigenvalue weighted by Crippen LogP contribution is 2.35. The van der Waals surface area contributed by atoms with Gasteiger partial charge in [-0.2, -0.15) is 0 Å². The molecule has 6 rings (SSSR count). The van der Waals surface area contributed by atoms with E-state index in [4.69, 9.17) is 61.9 Å². The molecule has 0 spiro atoms. The van der Waals surface area contributed by atoms with Crippen molar-refractivity contribution in [3.05, 3.63) is 71.3 Å². The molecule has 24 nitrogen and oxygen atoms in total. The van der Waals surface area contributed by atoms with Gasteiger partial charge in [0.25, 0.3) is 0 Å². The third-order valence-corrected chi connectivity index (χ3v) is 11.6. The molecule has 0 amide bonds. The van der Waals surface area contributed by atoms with Crippen molar-refractivity contribution < 1.29 is 92.0 Å². The molecule has 0 saturated heterocycles. The number of carbonyl (C=O) groups is 2. The fraction of sp³-hybridized carbons (Fsp3) is 0.574. The van der Waals surface area contributed by atoms with Gasteiger partial charge in [-0.1, -0.05) is 6.07 Å². The lowest BCUT2D eigenvalue weighted by Crippen LogP contribution is -2.38. The van der Waals surface area contributed by atoms with Crippen LogP contribution in [0.15, 0.2) is 69.6 Å². The van der Waals surface area contributed by atoms with Crippen LogP contribution in [-0.4, -0.2) is 242 Å². The molecule has 3 aliphatic heterocycles. The van der Waals surface area contributed by atoms with Gasteiger partial charge >= 0.3 is 11.9 Å². The standard InChI is InChI=1S/C19H28N2O7.C19H30N2O5.C16H21NO7/c1-19(18(23)24)13-21(2)17(20-19)14-5-4-6-15(16(14)22)28-12-11-27-10-9-26-8-7-25-3;1-19(2)14-21(3)18(20-19)16-6-5-15(13-17(16)22)26-12-11-25-10-9-24-8-7-23-4;1-16(15(19)20)10-24-14(17-16)12-9-11(3-4-13(12)18)23-8-7-22-6-5-21-2/h4-6,22H,7-13H2,1-3H3,(H,23,24);5-6,13,22H,7-12,14H2,1-4H3;3-4,9,18H,5-8,10H2,1-2H3,(H,19,20)/t19-;;16-/m1.1/s1. The fourth-order valence-electron chi connectivity index (χ4n) is 7.55. The topological polar surface area (TPSA) is 290 Å². The summed E-state index contributed by atoms with van der Waals surface area (Å²) in [6.07, 6.45) is 0. The van der Waals surface area contributed by atoms with Gasteiger partial charge in [-0.25, -0.2) is 19.6 Å². The highest BCUT2D eigenvalue weighted by Gasteiger charge is 2.42. The predicted octanol–water partition coefficient (Wildman–Crippen LogP) is 3.96. The first-order valence-corrected chi connectivity index (χ1v) is 25.3. The van der Waals surface area contributed by atoms with Crippen LogP contribution in [0.2, 0.25) is 0 Å². The minimum absolute atomic E-state index is 0.0629. The minimum atomic E-state index is -1.35. The lowest BCUT2D eigenvalue weighted by molar-refractivity contribution is -0.143. The second kappa shape index (κ2) is 32.4. The van der Waals surface area contributed by atoms with Gasteiger partial charge in [0.2, 0.25) is 5.90 Å². The van der Waals surface area contributed by atoms with Crippen LogP contribution < -0.4 is 14.2 Å². The Hall–Kier alpha value is -6.51. The zero-order chi connectivity index (χ0) is 57.1. The molecule has 0 aromatic heterocycles. The molecule has 3 aromatic carbocycles. The monoisotopic (exact) mass is 1100 g/mol. The number of methoxy groups -OCH3 is 3. The number of nitrogens with zero attached hydrogens (tertiary/aromatic N) is 5. The zero-order valence-corrected chi connectivity index (χ0v) is 46.3. The maximum Gasteiger partial charge on any atom is 0.335 e. The summed E-state index contributed by atoms with van der Waals surface area (Å²) in [5.41, 5.74) is -1.30. The van der Waals surface area contributed by atoms with E-state index in [1.807, 2.05) is 19.2 Å². The number of aliphatic carboxylic acids is 2. The summed E-state index contributed by atoms with van der Waals surface area (Å²) < 4.78 is 63.4. The summed E-state index contributed by atoms with van der Waals surface area (Å²) in [5.74, 6) is 0.614. The van der Waals surface area contributed by atoms with Crippen LogP contribution in [0.25, 0.3) is 0 Å². The molecule has 24 heteroatoms. The minimum Gasteiger partial charge on any atom is -0.507 e. The van der Waals surface area contributed by atoms with E-state index < -0.39 is 23.0 Å². The molecule has 5 N–H and O–H groups in total. The summed E-state index contributed by atoms with van der Waals surface area (Å²) in [4.78, 5) is 39.5. The predicted molar refractivity (Wildman–Crippen MR) is 288 cm³/mol. The molecule has 3 heterocycles. The number of carboxylic acids is 2. The number of phenolic OH excluding ortho intramolecular Hbond substituents is 3. The molecule has 3 aromatic rings. The Bertz CT molecular complexity index is 2440. The highest BCUT2D eigenvalue weighted by molar-refractivity contribution is 6.05. The van der Waals surface area contributed by atoms with Crippen molar-refractivity contribution in [2.75, 3.05) is 161 Å². The Morgan fingerprint density at radius 3 is 1.47 bits per heavy atom. The molecule has 78 heavy (non-hydrogen) atoms. The van der Waals surface area contributed by atoms with Crippen molar-refractivity contribution in [1.82, 2.24) is 9.80 Å². The molecule has 0 fully saturated rings. The Balaban J connectivity index is 0.000000253. The molecule has 0 aliphatic carbocycles. The molecular formula is C54H79N5O19. The van der Waals surface area contributed by atoms with E-state index in [1.165, 1.54) is 13.0 Å². The summed E-state index contributed by atoms with van der Waals surface area (Å²) in [5, 5.41) is 49.4. The molecule has 3 aliphatic rings. The van der Waals surface area contributed by atoms with E-state index in [0.29, 0.717) is 122 Å². The number of carboxylic acid groups (broad SMARTS) is 2. The van der Waals surface area contributed by atoms with Gasteiger partial charge < -0.3 is 92.2 Å². The van der Waals surface area contributed by atoms with E-state index in [1.54, 1.807) is 76.6 Å². The number of phenols is 3. The van der Waals surface area contributed by atoms with Crippen LogP contribution in [0, 0.1) is 0 Å². The van der Waals surface area contributed by atoms with Gasteiger partial charge in [0.15, 0.2) is 22.6 Å². The second-order valence-electron chi connectivity index (χ2n) is 18.9. The Labute approximate surface area is 456 Å². The van der Waals surface area contributed by atoms with Crippen LogP contribution in [0.3, 0.4) is 0 Å². The van der Waals surface area contributed by atoms with E-state index in [-0.39, 0.29) is 59.8 Å². The maximum absolute atomic E-state index is 11.4. The average molecular weight is 1100 g/mol. The lowest BCUT2D eigenvalue weighted by Gasteiger charge is -2.18. The Kier molecular flexibility index (Phi) is 26.6. The van der Waals surface area contributed by atoms with Crippen molar-refractivity contribution in [3.8, 4) is 34.5 Å². The number of hydrogen-bond donors (Lipinski definition) is 5. The molecular weight excluding hydrogens is 1020 g/mol. The number of benzene rings is 3. The van der Waals surface area contributed by atoms with Crippen LogP contribution in [0.5, 0.6) is 34.5 Å². The molecule has 0 bridgehead atoms. The molecule has 0 radical (unpaired) electrons. The number of aliphatic imine (C=N–C) groups is 3. The SMILES string of the molecule is COCCOCCOCCOc1ccc(C2=NC(C)(C)CN2C)c(O)c1.COCCOCCOCCOc1cccc(C2=N[C@@](C)(C(=O)O)CN2C)c1O.COCCOCCOc1ccc(O)c(C2=N[C@@](C)(C(=O)O)CO2)c1.